The van der Waals surface area contributed by atoms with Crippen LogP contribution < -0.4 is 10.4 Å². The first-order chi connectivity index (χ1) is 12.4. The van der Waals surface area contributed by atoms with Crippen LogP contribution in [0.5, 0.6) is 0 Å². The number of hydrogen-bond donors (Lipinski definition) is 1. The average molecular weight is 373 g/mol. The van der Waals surface area contributed by atoms with E-state index in [9.17, 15) is 19.5 Å². The second-order valence-electron chi connectivity index (χ2n) is 6.10. The SMILES string of the molecule is COC(=O)CN1CCNCCN(CC(=O)[O-])CCN(CC(=O)OC)CC1. The number of carbonyl (C=O) groups excluding carboxylic acids is 3. The molecule has 1 rings (SSSR count). The predicted molar refractivity (Wildman–Crippen MR) is 91.2 cm³/mol. The zero-order chi connectivity index (χ0) is 19.4. The quantitative estimate of drug-likeness (QED) is 0.472. The number of nitrogens with zero attached hydrogens (tertiary/aromatic N) is 3. The molecule has 0 unspecified atom stereocenters. The molecule has 0 radical (unpaired) electrons. The van der Waals surface area contributed by atoms with Gasteiger partial charge in [0.25, 0.3) is 0 Å². The highest BCUT2D eigenvalue weighted by Crippen LogP contribution is 1.98. The molecular weight excluding hydrogens is 344 g/mol. The lowest BCUT2D eigenvalue weighted by Gasteiger charge is -2.30. The van der Waals surface area contributed by atoms with Gasteiger partial charge >= 0.3 is 11.9 Å². The van der Waals surface area contributed by atoms with E-state index in [1.807, 2.05) is 9.80 Å². The first-order valence-electron chi connectivity index (χ1n) is 8.66. The lowest BCUT2D eigenvalue weighted by Crippen LogP contribution is -2.48. The zero-order valence-electron chi connectivity index (χ0n) is 15.6. The standard InChI is InChI=1S/C16H30N4O6/c1-25-15(23)12-19-6-4-17-3-5-18(11-14(21)22)7-9-20(10-8-19)13-16(24)26-2/h17H,3-13H2,1-2H3,(H,21,22)/p-1. The van der Waals surface area contributed by atoms with E-state index in [-0.39, 0.29) is 31.6 Å². The molecular formula is C16H29N4O6-. The van der Waals surface area contributed by atoms with Crippen LogP contribution in [0.4, 0.5) is 0 Å². The summed E-state index contributed by atoms with van der Waals surface area (Å²) >= 11 is 0. The molecule has 10 nitrogen and oxygen atoms in total. The highest BCUT2D eigenvalue weighted by Gasteiger charge is 2.17. The summed E-state index contributed by atoms with van der Waals surface area (Å²) in [7, 11) is 2.68. The number of esters is 2. The molecule has 0 atom stereocenters. The molecule has 26 heavy (non-hydrogen) atoms. The molecule has 0 bridgehead atoms. The second kappa shape index (κ2) is 12.6. The molecule has 0 aromatic rings. The average Bonchev–Trinajstić information content (AvgIpc) is 2.60. The zero-order valence-corrected chi connectivity index (χ0v) is 15.6. The van der Waals surface area contributed by atoms with Crippen LogP contribution in [0.25, 0.3) is 0 Å². The number of carboxylic acids is 1. The van der Waals surface area contributed by atoms with Crippen LogP contribution in [-0.4, -0.2) is 119 Å². The highest BCUT2D eigenvalue weighted by atomic mass is 16.5. The van der Waals surface area contributed by atoms with Crippen LogP contribution in [0.1, 0.15) is 0 Å². The Morgan fingerprint density at radius 2 is 1.15 bits per heavy atom. The first-order valence-corrected chi connectivity index (χ1v) is 8.66. The maximum absolute atomic E-state index is 11.6. The maximum atomic E-state index is 11.6. The molecule has 0 aromatic heterocycles. The summed E-state index contributed by atoms with van der Waals surface area (Å²) in [5.41, 5.74) is 0. The number of rotatable bonds is 6. The van der Waals surface area contributed by atoms with E-state index in [0.717, 1.165) is 0 Å². The molecule has 0 spiro atoms. The van der Waals surface area contributed by atoms with Crippen LogP contribution in [0.3, 0.4) is 0 Å². The van der Waals surface area contributed by atoms with Gasteiger partial charge in [-0.1, -0.05) is 0 Å². The molecule has 10 heteroatoms. The minimum absolute atomic E-state index is 0.111. The Labute approximate surface area is 154 Å². The summed E-state index contributed by atoms with van der Waals surface area (Å²) < 4.78 is 9.46. The Hall–Kier alpha value is -1.75. The van der Waals surface area contributed by atoms with Crippen molar-refractivity contribution in [3.8, 4) is 0 Å². The molecule has 1 aliphatic heterocycles. The smallest absolute Gasteiger partial charge is 0.319 e. The topological polar surface area (TPSA) is 114 Å². The van der Waals surface area contributed by atoms with Gasteiger partial charge in [-0.2, -0.15) is 0 Å². The number of carboxylic acid groups (broad SMARTS) is 1. The molecule has 1 saturated heterocycles. The Balaban J connectivity index is 2.72. The summed E-state index contributed by atoms with van der Waals surface area (Å²) in [4.78, 5) is 39.8. The first kappa shape index (κ1) is 22.3. The third-order valence-corrected chi connectivity index (χ3v) is 4.19. The summed E-state index contributed by atoms with van der Waals surface area (Å²) in [6.45, 7) is 4.74. The molecule has 1 N–H and O–H groups in total. The van der Waals surface area contributed by atoms with Crippen molar-refractivity contribution in [2.24, 2.45) is 0 Å². The van der Waals surface area contributed by atoms with Gasteiger partial charge < -0.3 is 24.7 Å². The minimum Gasteiger partial charge on any atom is -0.549 e. The fraction of sp³-hybridized carbons (Fsp3) is 0.812. The lowest BCUT2D eigenvalue weighted by atomic mass is 10.3. The molecule has 150 valence electrons. The number of aliphatic carboxylic acids is 1. The summed E-state index contributed by atoms with van der Waals surface area (Å²) in [6, 6.07) is 0. The van der Waals surface area contributed by atoms with Crippen LogP contribution in [0, 0.1) is 0 Å². The van der Waals surface area contributed by atoms with Crippen molar-refractivity contribution in [3.05, 3.63) is 0 Å². The van der Waals surface area contributed by atoms with Crippen molar-refractivity contribution < 1.29 is 29.0 Å². The number of carbonyl (C=O) groups is 3. The third kappa shape index (κ3) is 9.66. The van der Waals surface area contributed by atoms with Gasteiger partial charge in [0.15, 0.2) is 0 Å². The van der Waals surface area contributed by atoms with Gasteiger partial charge in [0.05, 0.1) is 33.3 Å². The predicted octanol–water partition coefficient (Wildman–Crippen LogP) is -3.41. The van der Waals surface area contributed by atoms with E-state index in [1.165, 1.54) is 14.2 Å². The number of ether oxygens (including phenoxy) is 2. The van der Waals surface area contributed by atoms with Gasteiger partial charge in [-0.15, -0.1) is 0 Å². The van der Waals surface area contributed by atoms with E-state index in [2.05, 4.69) is 5.32 Å². The van der Waals surface area contributed by atoms with E-state index < -0.39 is 5.97 Å². The van der Waals surface area contributed by atoms with Gasteiger partial charge in [-0.25, -0.2) is 0 Å². The van der Waals surface area contributed by atoms with E-state index in [4.69, 9.17) is 9.47 Å². The van der Waals surface area contributed by atoms with E-state index in [1.54, 1.807) is 4.90 Å². The molecule has 0 saturated carbocycles. The maximum Gasteiger partial charge on any atom is 0.319 e. The van der Waals surface area contributed by atoms with Gasteiger partial charge in [0, 0.05) is 58.9 Å². The van der Waals surface area contributed by atoms with Gasteiger partial charge in [-0.05, 0) is 0 Å². The van der Waals surface area contributed by atoms with Crippen molar-refractivity contribution in [2.45, 2.75) is 0 Å². The fourth-order valence-electron chi connectivity index (χ4n) is 2.65. The normalized spacial score (nSPS) is 19.2. The Morgan fingerprint density at radius 1 is 0.769 bits per heavy atom. The Kier molecular flexibility index (Phi) is 10.8. The van der Waals surface area contributed by atoms with Crippen molar-refractivity contribution in [3.63, 3.8) is 0 Å². The highest BCUT2D eigenvalue weighted by molar-refractivity contribution is 5.71. The monoisotopic (exact) mass is 373 g/mol. The molecule has 1 heterocycles. The van der Waals surface area contributed by atoms with Crippen LogP contribution >= 0.6 is 0 Å². The van der Waals surface area contributed by atoms with Crippen LogP contribution in [0.15, 0.2) is 0 Å². The van der Waals surface area contributed by atoms with Gasteiger partial charge in [0.1, 0.15) is 0 Å². The summed E-state index contributed by atoms with van der Waals surface area (Å²) in [6.07, 6.45) is 0. The Morgan fingerprint density at radius 3 is 1.54 bits per heavy atom. The van der Waals surface area contributed by atoms with Gasteiger partial charge in [-0.3, -0.25) is 24.3 Å². The van der Waals surface area contributed by atoms with Gasteiger partial charge in [0.2, 0.25) is 0 Å². The van der Waals surface area contributed by atoms with E-state index >= 15 is 0 Å². The van der Waals surface area contributed by atoms with Crippen LogP contribution in [-0.2, 0) is 23.9 Å². The number of methoxy groups -OCH3 is 2. The van der Waals surface area contributed by atoms with Crippen molar-refractivity contribution in [1.82, 2.24) is 20.0 Å². The number of nitrogens with one attached hydrogen (secondary N) is 1. The Bertz CT molecular complexity index is 462. The molecule has 0 aromatic carbocycles. The fourth-order valence-corrected chi connectivity index (χ4v) is 2.65. The largest absolute Gasteiger partial charge is 0.549 e. The number of hydrogen-bond acceptors (Lipinski definition) is 10. The molecule has 1 aliphatic rings. The lowest BCUT2D eigenvalue weighted by molar-refractivity contribution is -0.306. The third-order valence-electron chi connectivity index (χ3n) is 4.19. The van der Waals surface area contributed by atoms with E-state index in [0.29, 0.717) is 52.4 Å². The van der Waals surface area contributed by atoms with Crippen LogP contribution in [0.2, 0.25) is 0 Å². The second-order valence-corrected chi connectivity index (χ2v) is 6.10. The molecule has 0 aliphatic carbocycles. The molecule has 1 fully saturated rings. The minimum atomic E-state index is -1.12. The van der Waals surface area contributed by atoms with Crippen molar-refractivity contribution in [2.75, 3.05) is 86.2 Å². The summed E-state index contributed by atoms with van der Waals surface area (Å²) in [5.74, 6) is -1.79. The summed E-state index contributed by atoms with van der Waals surface area (Å²) in [5, 5.41) is 14.2. The van der Waals surface area contributed by atoms with Crippen molar-refractivity contribution in [1.29, 1.82) is 0 Å². The molecule has 0 amide bonds. The van der Waals surface area contributed by atoms with Crippen molar-refractivity contribution >= 4 is 17.9 Å².